The number of hydrogen-bond acceptors (Lipinski definition) is 3. The average molecular weight is 327 g/mol. The third kappa shape index (κ3) is 4.04. The van der Waals surface area contributed by atoms with Gasteiger partial charge in [-0.2, -0.15) is 0 Å². The molecule has 1 fully saturated rings. The van der Waals surface area contributed by atoms with Crippen molar-refractivity contribution in [2.75, 3.05) is 32.7 Å². The van der Waals surface area contributed by atoms with E-state index in [0.717, 1.165) is 18.8 Å². The summed E-state index contributed by atoms with van der Waals surface area (Å²) in [7, 11) is 0. The van der Waals surface area contributed by atoms with Gasteiger partial charge in [0.05, 0.1) is 6.10 Å². The van der Waals surface area contributed by atoms with Crippen molar-refractivity contribution >= 4 is 5.91 Å². The Kier molecular flexibility index (Phi) is 5.33. The van der Waals surface area contributed by atoms with E-state index in [1.807, 2.05) is 46.0 Å². The number of amides is 1. The van der Waals surface area contributed by atoms with Gasteiger partial charge in [-0.25, -0.2) is 0 Å². The van der Waals surface area contributed by atoms with Crippen molar-refractivity contribution in [3.8, 4) is 0 Å². The maximum absolute atomic E-state index is 12.8. The second-order valence-corrected chi connectivity index (χ2v) is 6.45. The zero-order valence-electron chi connectivity index (χ0n) is 14.1. The summed E-state index contributed by atoms with van der Waals surface area (Å²) < 4.78 is 2.01. The zero-order chi connectivity index (χ0) is 16.9. The van der Waals surface area contributed by atoms with E-state index in [4.69, 9.17) is 0 Å². The quantitative estimate of drug-likeness (QED) is 0.909. The number of carbonyl (C=O) groups excluding carboxylic acids is 1. The molecule has 5 nitrogen and oxygen atoms in total. The van der Waals surface area contributed by atoms with E-state index < -0.39 is 0 Å². The summed E-state index contributed by atoms with van der Waals surface area (Å²) in [6, 6.07) is 14.0. The number of piperazine rings is 1. The van der Waals surface area contributed by atoms with Gasteiger partial charge in [-0.1, -0.05) is 30.3 Å². The topological polar surface area (TPSA) is 48.7 Å². The maximum Gasteiger partial charge on any atom is 0.270 e. The van der Waals surface area contributed by atoms with E-state index in [1.54, 1.807) is 6.92 Å². The lowest BCUT2D eigenvalue weighted by Crippen LogP contribution is -2.50. The van der Waals surface area contributed by atoms with Gasteiger partial charge in [0, 0.05) is 45.5 Å². The fourth-order valence-electron chi connectivity index (χ4n) is 3.20. The Morgan fingerprint density at radius 2 is 1.79 bits per heavy atom. The van der Waals surface area contributed by atoms with Crippen LogP contribution in [0, 0.1) is 0 Å². The average Bonchev–Trinajstić information content (AvgIpc) is 3.03. The SMILES string of the molecule is C[C@@H](O)CN1CCN(C(=O)c2cccn2Cc2ccccc2)CC1. The van der Waals surface area contributed by atoms with Crippen LogP contribution in [0.1, 0.15) is 23.0 Å². The van der Waals surface area contributed by atoms with Gasteiger partial charge in [-0.3, -0.25) is 9.69 Å². The van der Waals surface area contributed by atoms with E-state index >= 15 is 0 Å². The summed E-state index contributed by atoms with van der Waals surface area (Å²) in [6.07, 6.45) is 1.64. The molecule has 1 aromatic heterocycles. The number of aliphatic hydroxyl groups excluding tert-OH is 1. The van der Waals surface area contributed by atoms with Crippen molar-refractivity contribution in [1.82, 2.24) is 14.4 Å². The zero-order valence-corrected chi connectivity index (χ0v) is 14.1. The summed E-state index contributed by atoms with van der Waals surface area (Å²) >= 11 is 0. The van der Waals surface area contributed by atoms with Gasteiger partial charge in [0.25, 0.3) is 5.91 Å². The summed E-state index contributed by atoms with van der Waals surface area (Å²) in [5.41, 5.74) is 1.92. The molecule has 5 heteroatoms. The molecule has 2 aromatic rings. The molecule has 0 bridgehead atoms. The van der Waals surface area contributed by atoms with E-state index in [-0.39, 0.29) is 12.0 Å². The van der Waals surface area contributed by atoms with Gasteiger partial charge < -0.3 is 14.6 Å². The Morgan fingerprint density at radius 3 is 2.46 bits per heavy atom. The summed E-state index contributed by atoms with van der Waals surface area (Å²) in [4.78, 5) is 17.0. The third-order valence-electron chi connectivity index (χ3n) is 4.43. The largest absolute Gasteiger partial charge is 0.392 e. The predicted molar refractivity (Wildman–Crippen MR) is 94.0 cm³/mol. The summed E-state index contributed by atoms with van der Waals surface area (Å²) in [5.74, 6) is 0.0904. The van der Waals surface area contributed by atoms with E-state index in [9.17, 15) is 9.90 Å². The number of carbonyl (C=O) groups is 1. The van der Waals surface area contributed by atoms with Gasteiger partial charge in [0.15, 0.2) is 0 Å². The van der Waals surface area contributed by atoms with E-state index in [1.165, 1.54) is 5.56 Å². The van der Waals surface area contributed by atoms with Crippen LogP contribution in [0.5, 0.6) is 0 Å². The first-order valence-corrected chi connectivity index (χ1v) is 8.52. The standard InChI is InChI=1S/C19H25N3O2/c1-16(23)14-20-10-12-21(13-11-20)19(24)18-8-5-9-22(18)15-17-6-3-2-4-7-17/h2-9,16,23H,10-15H2,1H3/t16-/m1/s1. The molecule has 1 aliphatic rings. The molecule has 128 valence electrons. The molecule has 0 radical (unpaired) electrons. The van der Waals surface area contributed by atoms with E-state index in [2.05, 4.69) is 17.0 Å². The lowest BCUT2D eigenvalue weighted by molar-refractivity contribution is 0.0545. The highest BCUT2D eigenvalue weighted by atomic mass is 16.3. The van der Waals surface area contributed by atoms with E-state index in [0.29, 0.717) is 26.2 Å². The molecule has 24 heavy (non-hydrogen) atoms. The van der Waals surface area contributed by atoms with Crippen molar-refractivity contribution < 1.29 is 9.90 Å². The minimum Gasteiger partial charge on any atom is -0.392 e. The first kappa shape index (κ1) is 16.7. The van der Waals surface area contributed by atoms with Gasteiger partial charge in [-0.15, -0.1) is 0 Å². The molecule has 1 atom stereocenters. The first-order valence-electron chi connectivity index (χ1n) is 8.52. The molecule has 1 N–H and O–H groups in total. The third-order valence-corrected chi connectivity index (χ3v) is 4.43. The Hall–Kier alpha value is -2.11. The number of aromatic nitrogens is 1. The van der Waals surface area contributed by atoms with Crippen molar-refractivity contribution in [2.45, 2.75) is 19.6 Å². The number of rotatable bonds is 5. The molecule has 0 spiro atoms. The molecule has 0 aliphatic carbocycles. The Morgan fingerprint density at radius 1 is 1.08 bits per heavy atom. The molecule has 1 saturated heterocycles. The van der Waals surface area contributed by atoms with Gasteiger partial charge in [0.2, 0.25) is 0 Å². The van der Waals surface area contributed by atoms with Crippen LogP contribution >= 0.6 is 0 Å². The van der Waals surface area contributed by atoms with Crippen LogP contribution in [0.3, 0.4) is 0 Å². The Bertz CT molecular complexity index is 658. The smallest absolute Gasteiger partial charge is 0.270 e. The predicted octanol–water partition coefficient (Wildman–Crippen LogP) is 1.67. The number of benzene rings is 1. The van der Waals surface area contributed by atoms with Crippen LogP contribution in [0.4, 0.5) is 0 Å². The second kappa shape index (κ2) is 7.64. The van der Waals surface area contributed by atoms with Crippen LogP contribution in [0.2, 0.25) is 0 Å². The van der Waals surface area contributed by atoms with Crippen LogP contribution in [0.25, 0.3) is 0 Å². The molecular weight excluding hydrogens is 302 g/mol. The number of β-amino-alcohol motifs (C(OH)–C–C–N with tert-alkyl or cyclic N) is 1. The highest BCUT2D eigenvalue weighted by Gasteiger charge is 2.24. The van der Waals surface area contributed by atoms with Gasteiger partial charge >= 0.3 is 0 Å². The molecule has 0 unspecified atom stereocenters. The molecule has 1 aromatic carbocycles. The van der Waals surface area contributed by atoms with Gasteiger partial charge in [0.1, 0.15) is 5.69 Å². The van der Waals surface area contributed by atoms with Crippen LogP contribution in [-0.4, -0.2) is 64.2 Å². The molecular formula is C19H25N3O2. The Labute approximate surface area is 143 Å². The molecule has 2 heterocycles. The summed E-state index contributed by atoms with van der Waals surface area (Å²) in [6.45, 7) is 6.23. The minimum absolute atomic E-state index is 0.0904. The molecule has 1 amide bonds. The minimum atomic E-state index is -0.324. The monoisotopic (exact) mass is 327 g/mol. The van der Waals surface area contributed by atoms with Crippen LogP contribution in [0.15, 0.2) is 48.7 Å². The lowest BCUT2D eigenvalue weighted by Gasteiger charge is -2.35. The van der Waals surface area contributed by atoms with Crippen molar-refractivity contribution in [3.05, 3.63) is 59.9 Å². The number of hydrogen-bond donors (Lipinski definition) is 1. The summed E-state index contributed by atoms with van der Waals surface area (Å²) in [5, 5.41) is 9.48. The highest BCUT2D eigenvalue weighted by molar-refractivity contribution is 5.92. The van der Waals surface area contributed by atoms with Crippen molar-refractivity contribution in [3.63, 3.8) is 0 Å². The van der Waals surface area contributed by atoms with Crippen molar-refractivity contribution in [1.29, 1.82) is 0 Å². The lowest BCUT2D eigenvalue weighted by atomic mass is 10.2. The molecule has 0 saturated carbocycles. The fraction of sp³-hybridized carbons (Fsp3) is 0.421. The molecule has 1 aliphatic heterocycles. The fourth-order valence-corrected chi connectivity index (χ4v) is 3.20. The van der Waals surface area contributed by atoms with Gasteiger partial charge in [-0.05, 0) is 24.6 Å². The normalized spacial score (nSPS) is 17.0. The van der Waals surface area contributed by atoms with Crippen LogP contribution in [-0.2, 0) is 6.54 Å². The first-order chi connectivity index (χ1) is 11.6. The van der Waals surface area contributed by atoms with Crippen LogP contribution < -0.4 is 0 Å². The number of aliphatic hydroxyl groups is 1. The maximum atomic E-state index is 12.8. The Balaban J connectivity index is 1.63. The van der Waals surface area contributed by atoms with Crippen molar-refractivity contribution in [2.24, 2.45) is 0 Å². The second-order valence-electron chi connectivity index (χ2n) is 6.45. The number of nitrogens with zero attached hydrogens (tertiary/aromatic N) is 3. The molecule has 3 rings (SSSR count). The highest BCUT2D eigenvalue weighted by Crippen LogP contribution is 2.12.